The van der Waals surface area contributed by atoms with Crippen molar-refractivity contribution in [3.8, 4) is 0 Å². The van der Waals surface area contributed by atoms with Gasteiger partial charge in [0.25, 0.3) is 0 Å². The van der Waals surface area contributed by atoms with Gasteiger partial charge in [-0.3, -0.25) is 0 Å². The normalized spacial score (nSPS) is 12.2. The molecular weight excluding hydrogens is 456 g/mol. The maximum absolute atomic E-state index is 2.36. The predicted molar refractivity (Wildman–Crippen MR) is 180 cm³/mol. The molecule has 216 valence electrons. The Morgan fingerprint density at radius 2 is 1.21 bits per heavy atom. The van der Waals surface area contributed by atoms with Crippen LogP contribution in [0.4, 0.5) is 0 Å². The molecule has 0 heterocycles. The summed E-state index contributed by atoms with van der Waals surface area (Å²) in [7, 11) is 0. The lowest BCUT2D eigenvalue weighted by atomic mass is 9.97. The van der Waals surface area contributed by atoms with Gasteiger partial charge < -0.3 is 0 Å². The first-order valence-electron chi connectivity index (χ1n) is 14.9. The minimum Gasteiger partial charge on any atom is -0.0776 e. The molecule has 0 heteroatoms. The molecule has 0 unspecified atom stereocenters. The average molecular weight is 521 g/mol. The lowest BCUT2D eigenvalue weighted by Gasteiger charge is -2.08. The van der Waals surface area contributed by atoms with Gasteiger partial charge in [-0.25, -0.2) is 0 Å². The summed E-state index contributed by atoms with van der Waals surface area (Å²) in [5, 5.41) is 0. The van der Waals surface area contributed by atoms with Crippen LogP contribution in [0.2, 0.25) is 0 Å². The molecule has 0 saturated heterocycles. The Morgan fingerprint density at radius 1 is 0.632 bits per heavy atom. The first-order valence-corrected chi connectivity index (χ1v) is 14.9. The van der Waals surface area contributed by atoms with E-state index in [9.17, 15) is 0 Å². The SMILES string of the molecule is C.CC.CC.CC.CC(C)C1=CCc2ccccc21.CC1=CC=C(C(C)C)C1.Cc1cccc(C(C)C)c1. The van der Waals surface area contributed by atoms with Gasteiger partial charge in [0.2, 0.25) is 0 Å². The summed E-state index contributed by atoms with van der Waals surface area (Å²) >= 11 is 0. The first-order chi connectivity index (χ1) is 17.7. The fraction of sp³-hybridized carbons (Fsp3) is 0.526. The highest BCUT2D eigenvalue weighted by molar-refractivity contribution is 5.73. The van der Waals surface area contributed by atoms with Crippen molar-refractivity contribution in [2.45, 2.75) is 123 Å². The van der Waals surface area contributed by atoms with Gasteiger partial charge in [-0.05, 0) is 66.7 Å². The smallest absolute Gasteiger partial charge is 0.00853 e. The lowest BCUT2D eigenvalue weighted by Crippen LogP contribution is -1.90. The Kier molecular flexibility index (Phi) is 25.1. The van der Waals surface area contributed by atoms with Crippen LogP contribution in [-0.2, 0) is 6.42 Å². The number of benzene rings is 2. The van der Waals surface area contributed by atoms with E-state index >= 15 is 0 Å². The number of rotatable bonds is 3. The van der Waals surface area contributed by atoms with Crippen molar-refractivity contribution >= 4 is 5.57 Å². The van der Waals surface area contributed by atoms with Crippen molar-refractivity contribution < 1.29 is 0 Å². The molecule has 0 N–H and O–H groups in total. The highest BCUT2D eigenvalue weighted by atomic mass is 14.2. The summed E-state index contributed by atoms with van der Waals surface area (Å²) in [5.74, 6) is 2.05. The van der Waals surface area contributed by atoms with Gasteiger partial charge in [0, 0.05) is 0 Å². The second-order valence-corrected chi connectivity index (χ2v) is 9.83. The molecule has 0 radical (unpaired) electrons. The first kappa shape index (κ1) is 40.2. The molecule has 2 aromatic rings. The molecule has 0 aliphatic heterocycles. The van der Waals surface area contributed by atoms with Crippen molar-refractivity contribution in [2.24, 2.45) is 11.8 Å². The second-order valence-electron chi connectivity index (χ2n) is 9.83. The van der Waals surface area contributed by atoms with Crippen LogP contribution in [0, 0.1) is 18.8 Å². The molecule has 2 aliphatic carbocycles. The summed E-state index contributed by atoms with van der Waals surface area (Å²) in [5.41, 5.74) is 10.3. The highest BCUT2D eigenvalue weighted by Crippen LogP contribution is 2.32. The quantitative estimate of drug-likeness (QED) is 0.377. The zero-order valence-corrected chi connectivity index (χ0v) is 27.0. The zero-order valence-electron chi connectivity index (χ0n) is 27.0. The predicted octanol–water partition coefficient (Wildman–Crippen LogP) is 13.0. The molecule has 2 aliphatic rings. The van der Waals surface area contributed by atoms with E-state index in [4.69, 9.17) is 0 Å². The molecule has 0 amide bonds. The average Bonchev–Trinajstić information content (AvgIpc) is 3.55. The molecule has 2 aromatic carbocycles. The number of hydrogen-bond donors (Lipinski definition) is 0. The van der Waals surface area contributed by atoms with E-state index in [1.165, 1.54) is 39.8 Å². The van der Waals surface area contributed by atoms with Crippen LogP contribution >= 0.6 is 0 Å². The van der Waals surface area contributed by atoms with Gasteiger partial charge in [-0.15, -0.1) is 0 Å². The molecular formula is C38H64. The monoisotopic (exact) mass is 521 g/mol. The van der Waals surface area contributed by atoms with Crippen LogP contribution in [0.25, 0.3) is 5.57 Å². The van der Waals surface area contributed by atoms with Crippen LogP contribution < -0.4 is 0 Å². The van der Waals surface area contributed by atoms with Crippen LogP contribution in [0.3, 0.4) is 0 Å². The summed E-state index contributed by atoms with van der Waals surface area (Å²) in [6.45, 7) is 29.8. The van der Waals surface area contributed by atoms with E-state index in [0.29, 0.717) is 11.8 Å². The Labute approximate surface area is 240 Å². The minimum atomic E-state index is 0. The van der Waals surface area contributed by atoms with Crippen LogP contribution in [0.5, 0.6) is 0 Å². The standard InChI is InChI=1S/C12H14.C10H14.C9H14.3C2H6.CH4/c1-9(2)11-8-7-10-5-3-4-6-12(10)11;1-8(2)10-6-4-5-9(3)7-10;1-7(2)9-5-4-8(3)6-9;3*1-2;/h3-6,8-9H,7H2,1-2H3;4-8H,1-3H3;4-5,7H,6H2,1-3H3;3*1-2H3;1H4. The van der Waals surface area contributed by atoms with Crippen molar-refractivity contribution in [2.75, 3.05) is 0 Å². The van der Waals surface area contributed by atoms with E-state index in [1.807, 2.05) is 41.5 Å². The van der Waals surface area contributed by atoms with E-state index in [1.54, 1.807) is 5.57 Å². The van der Waals surface area contributed by atoms with Gasteiger partial charge in [-0.1, -0.05) is 174 Å². The van der Waals surface area contributed by atoms with Gasteiger partial charge in [0.1, 0.15) is 0 Å². The third-order valence-corrected chi connectivity index (χ3v) is 6.01. The van der Waals surface area contributed by atoms with Crippen molar-refractivity contribution in [3.05, 3.63) is 100 Å². The lowest BCUT2D eigenvalue weighted by molar-refractivity contribution is 0.746. The molecule has 0 aromatic heterocycles. The third kappa shape index (κ3) is 15.2. The Balaban J connectivity index is -0.000000438. The van der Waals surface area contributed by atoms with Crippen LogP contribution in [0.15, 0.2) is 77.9 Å². The number of hydrogen-bond acceptors (Lipinski definition) is 0. The molecule has 38 heavy (non-hydrogen) atoms. The summed E-state index contributed by atoms with van der Waals surface area (Å²) in [6, 6.07) is 17.4. The highest BCUT2D eigenvalue weighted by Gasteiger charge is 2.14. The topological polar surface area (TPSA) is 0 Å². The van der Waals surface area contributed by atoms with Gasteiger partial charge in [0.15, 0.2) is 0 Å². The van der Waals surface area contributed by atoms with E-state index in [0.717, 1.165) is 12.3 Å². The van der Waals surface area contributed by atoms with E-state index in [2.05, 4.69) is 122 Å². The van der Waals surface area contributed by atoms with Gasteiger partial charge in [0.05, 0.1) is 0 Å². The molecule has 0 fully saturated rings. The molecule has 4 rings (SSSR count). The van der Waals surface area contributed by atoms with Crippen molar-refractivity contribution in [3.63, 3.8) is 0 Å². The third-order valence-electron chi connectivity index (χ3n) is 6.01. The molecule has 0 nitrogen and oxygen atoms in total. The summed E-state index contributed by atoms with van der Waals surface area (Å²) < 4.78 is 0. The Bertz CT molecular complexity index is 932. The maximum Gasteiger partial charge on any atom is -0.00853 e. The van der Waals surface area contributed by atoms with Crippen molar-refractivity contribution in [1.82, 2.24) is 0 Å². The Hall–Kier alpha value is -2.34. The molecule has 0 atom stereocenters. The maximum atomic E-state index is 2.36. The second kappa shape index (κ2) is 23.8. The van der Waals surface area contributed by atoms with Crippen LogP contribution in [0.1, 0.15) is 132 Å². The zero-order chi connectivity index (χ0) is 29.0. The fourth-order valence-electron chi connectivity index (χ4n) is 3.97. The number of aryl methyl sites for hydroxylation is 1. The van der Waals surface area contributed by atoms with Gasteiger partial charge in [-0.2, -0.15) is 0 Å². The minimum absolute atomic E-state index is 0. The molecule has 0 saturated carbocycles. The van der Waals surface area contributed by atoms with E-state index < -0.39 is 0 Å². The van der Waals surface area contributed by atoms with E-state index in [-0.39, 0.29) is 7.43 Å². The van der Waals surface area contributed by atoms with Gasteiger partial charge >= 0.3 is 0 Å². The van der Waals surface area contributed by atoms with Crippen LogP contribution in [-0.4, -0.2) is 0 Å². The largest absolute Gasteiger partial charge is 0.0776 e. The fourth-order valence-corrected chi connectivity index (χ4v) is 3.97. The number of allylic oxidation sites excluding steroid dienone is 6. The van der Waals surface area contributed by atoms with Crippen molar-refractivity contribution in [1.29, 1.82) is 0 Å². The Morgan fingerprint density at radius 3 is 1.61 bits per heavy atom. The molecule has 0 bridgehead atoms. The number of fused-ring (bicyclic) bond motifs is 1. The molecule has 0 spiro atoms. The summed E-state index contributed by atoms with van der Waals surface area (Å²) in [4.78, 5) is 0. The summed E-state index contributed by atoms with van der Waals surface area (Å²) in [6.07, 6.45) is 9.16.